The average Bonchev–Trinajstić information content (AvgIpc) is 2.64. The molecule has 6 nitrogen and oxygen atoms in total. The molecule has 0 bridgehead atoms. The molecule has 4 N–H and O–H groups in total. The highest BCUT2D eigenvalue weighted by molar-refractivity contribution is 6.06. The van der Waals surface area contributed by atoms with Crippen molar-refractivity contribution >= 4 is 23.3 Å². The SMILES string of the molecule is Nc1ccc(-c2ccc(N)c3c2OC(=O)c2ccccc2C(=O)O3)cc1. The summed E-state index contributed by atoms with van der Waals surface area (Å²) in [5.74, 6) is -1.20. The number of benzene rings is 3. The molecule has 3 aromatic rings. The van der Waals surface area contributed by atoms with Crippen molar-refractivity contribution in [1.29, 1.82) is 0 Å². The van der Waals surface area contributed by atoms with Crippen molar-refractivity contribution in [2.75, 3.05) is 11.5 Å². The van der Waals surface area contributed by atoms with Crippen LogP contribution in [0.25, 0.3) is 11.1 Å². The number of carbonyl (C=O) groups excluding carboxylic acids is 2. The first-order valence-electron chi connectivity index (χ1n) is 7.86. The fourth-order valence-electron chi connectivity index (χ4n) is 2.81. The molecule has 3 aromatic carbocycles. The number of nitrogens with two attached hydrogens (primary N) is 2. The molecule has 128 valence electrons. The van der Waals surface area contributed by atoms with E-state index in [1.165, 1.54) is 12.1 Å². The zero-order valence-corrected chi connectivity index (χ0v) is 13.6. The lowest BCUT2D eigenvalue weighted by Crippen LogP contribution is -2.22. The predicted molar refractivity (Wildman–Crippen MR) is 97.1 cm³/mol. The summed E-state index contributed by atoms with van der Waals surface area (Å²) in [5.41, 5.74) is 14.1. The third kappa shape index (κ3) is 2.53. The van der Waals surface area contributed by atoms with E-state index in [-0.39, 0.29) is 28.3 Å². The van der Waals surface area contributed by atoms with Crippen LogP contribution in [0.1, 0.15) is 20.7 Å². The van der Waals surface area contributed by atoms with Gasteiger partial charge in [0.25, 0.3) is 0 Å². The molecule has 6 heteroatoms. The molecule has 1 aliphatic rings. The summed E-state index contributed by atoms with van der Waals surface area (Å²) in [6, 6.07) is 16.6. The van der Waals surface area contributed by atoms with Crippen LogP contribution in [-0.4, -0.2) is 11.9 Å². The van der Waals surface area contributed by atoms with Crippen LogP contribution >= 0.6 is 0 Å². The molecule has 0 aromatic heterocycles. The second-order valence-corrected chi connectivity index (χ2v) is 5.81. The van der Waals surface area contributed by atoms with E-state index < -0.39 is 11.9 Å². The third-order valence-corrected chi connectivity index (χ3v) is 4.12. The van der Waals surface area contributed by atoms with Crippen LogP contribution in [0.15, 0.2) is 60.7 Å². The molecule has 1 aliphatic heterocycles. The lowest BCUT2D eigenvalue weighted by molar-refractivity contribution is 0.0650. The molecule has 0 radical (unpaired) electrons. The standard InChI is InChI=1S/C20H14N2O4/c21-12-7-5-11(6-8-12)13-9-10-16(22)18-17(13)25-19(23)14-3-1-2-4-15(14)20(24)26-18/h1-10H,21-22H2. The van der Waals surface area contributed by atoms with Crippen molar-refractivity contribution in [1.82, 2.24) is 0 Å². The Morgan fingerprint density at radius 2 is 1.19 bits per heavy atom. The van der Waals surface area contributed by atoms with E-state index in [1.807, 2.05) is 0 Å². The summed E-state index contributed by atoms with van der Waals surface area (Å²) in [6.07, 6.45) is 0. The number of ether oxygens (including phenoxy) is 2. The van der Waals surface area contributed by atoms with Crippen LogP contribution in [0.4, 0.5) is 11.4 Å². The van der Waals surface area contributed by atoms with Crippen molar-refractivity contribution < 1.29 is 19.1 Å². The predicted octanol–water partition coefficient (Wildman–Crippen LogP) is 3.27. The zero-order valence-electron chi connectivity index (χ0n) is 13.6. The number of carbonyl (C=O) groups is 2. The van der Waals surface area contributed by atoms with Gasteiger partial charge in [0, 0.05) is 11.3 Å². The van der Waals surface area contributed by atoms with Crippen molar-refractivity contribution in [3.05, 3.63) is 71.8 Å². The Morgan fingerprint density at radius 3 is 1.81 bits per heavy atom. The Labute approximate surface area is 148 Å². The van der Waals surface area contributed by atoms with Gasteiger partial charge in [-0.05, 0) is 42.0 Å². The third-order valence-electron chi connectivity index (χ3n) is 4.12. The Bertz CT molecular complexity index is 1040. The maximum Gasteiger partial charge on any atom is 0.344 e. The summed E-state index contributed by atoms with van der Waals surface area (Å²) < 4.78 is 11.0. The van der Waals surface area contributed by atoms with Gasteiger partial charge in [-0.3, -0.25) is 0 Å². The van der Waals surface area contributed by atoms with Gasteiger partial charge < -0.3 is 20.9 Å². The van der Waals surface area contributed by atoms with E-state index in [1.54, 1.807) is 48.5 Å². The quantitative estimate of drug-likeness (QED) is 0.398. The Morgan fingerprint density at radius 1 is 0.615 bits per heavy atom. The largest absolute Gasteiger partial charge is 0.418 e. The van der Waals surface area contributed by atoms with Crippen LogP contribution in [0, 0.1) is 0 Å². The van der Waals surface area contributed by atoms with Gasteiger partial charge in [0.15, 0.2) is 11.5 Å². The Hall–Kier alpha value is -3.80. The van der Waals surface area contributed by atoms with Gasteiger partial charge >= 0.3 is 11.9 Å². The van der Waals surface area contributed by atoms with Crippen molar-refractivity contribution in [2.45, 2.75) is 0 Å². The highest BCUT2D eigenvalue weighted by Gasteiger charge is 2.29. The van der Waals surface area contributed by atoms with Crippen LogP contribution in [0.2, 0.25) is 0 Å². The van der Waals surface area contributed by atoms with Crippen LogP contribution in [-0.2, 0) is 0 Å². The molecule has 1 heterocycles. The van der Waals surface area contributed by atoms with E-state index in [0.717, 1.165) is 5.56 Å². The lowest BCUT2D eigenvalue weighted by Gasteiger charge is -2.20. The van der Waals surface area contributed by atoms with E-state index >= 15 is 0 Å². The lowest BCUT2D eigenvalue weighted by atomic mass is 10.0. The van der Waals surface area contributed by atoms with Crippen LogP contribution in [0.5, 0.6) is 11.5 Å². The number of fused-ring (bicyclic) bond motifs is 2. The minimum Gasteiger partial charge on any atom is -0.418 e. The maximum atomic E-state index is 12.6. The van der Waals surface area contributed by atoms with Crippen LogP contribution in [0.3, 0.4) is 0 Å². The molecule has 26 heavy (non-hydrogen) atoms. The molecule has 4 rings (SSSR count). The molecular formula is C20H14N2O4. The van der Waals surface area contributed by atoms with E-state index in [4.69, 9.17) is 20.9 Å². The van der Waals surface area contributed by atoms with Gasteiger partial charge in [0.2, 0.25) is 0 Å². The first kappa shape index (κ1) is 15.7. The number of rotatable bonds is 1. The molecule has 0 unspecified atom stereocenters. The fraction of sp³-hybridized carbons (Fsp3) is 0. The summed E-state index contributed by atoms with van der Waals surface area (Å²) in [7, 11) is 0. The number of esters is 2. The molecule has 0 saturated carbocycles. The Kier molecular flexibility index (Phi) is 3.58. The Balaban J connectivity index is 1.91. The molecular weight excluding hydrogens is 332 g/mol. The van der Waals surface area contributed by atoms with Crippen LogP contribution < -0.4 is 20.9 Å². The van der Waals surface area contributed by atoms with Crippen molar-refractivity contribution in [3.8, 4) is 22.6 Å². The second-order valence-electron chi connectivity index (χ2n) is 5.81. The smallest absolute Gasteiger partial charge is 0.344 e. The molecule has 0 aliphatic carbocycles. The number of hydrogen-bond donors (Lipinski definition) is 2. The summed E-state index contributed by atoms with van der Waals surface area (Å²) in [6.45, 7) is 0. The van der Waals surface area contributed by atoms with Gasteiger partial charge in [-0.1, -0.05) is 24.3 Å². The van der Waals surface area contributed by atoms with E-state index in [9.17, 15) is 9.59 Å². The van der Waals surface area contributed by atoms with Gasteiger partial charge in [0.1, 0.15) is 0 Å². The minimum absolute atomic E-state index is 0.0205. The van der Waals surface area contributed by atoms with Gasteiger partial charge in [-0.15, -0.1) is 0 Å². The summed E-state index contributed by atoms with van der Waals surface area (Å²) >= 11 is 0. The minimum atomic E-state index is -0.667. The number of nitrogen functional groups attached to an aromatic ring is 2. The zero-order chi connectivity index (χ0) is 18.3. The van der Waals surface area contributed by atoms with Crippen molar-refractivity contribution in [2.24, 2.45) is 0 Å². The van der Waals surface area contributed by atoms with E-state index in [2.05, 4.69) is 0 Å². The average molecular weight is 346 g/mol. The molecule has 0 amide bonds. The van der Waals surface area contributed by atoms with Gasteiger partial charge in [0.05, 0.1) is 16.8 Å². The summed E-state index contributed by atoms with van der Waals surface area (Å²) in [4.78, 5) is 25.1. The first-order chi connectivity index (χ1) is 12.5. The molecule has 0 spiro atoms. The molecule has 0 saturated heterocycles. The second kappa shape index (κ2) is 5.93. The highest BCUT2D eigenvalue weighted by Crippen LogP contribution is 2.44. The van der Waals surface area contributed by atoms with Crippen molar-refractivity contribution in [3.63, 3.8) is 0 Å². The normalized spacial score (nSPS) is 12.9. The number of anilines is 2. The molecule has 0 fully saturated rings. The van der Waals surface area contributed by atoms with Gasteiger partial charge in [-0.25, -0.2) is 9.59 Å². The number of hydrogen-bond acceptors (Lipinski definition) is 6. The maximum absolute atomic E-state index is 12.6. The first-order valence-corrected chi connectivity index (χ1v) is 7.86. The molecule has 0 atom stereocenters. The topological polar surface area (TPSA) is 105 Å². The van der Waals surface area contributed by atoms with E-state index in [0.29, 0.717) is 11.3 Å². The summed E-state index contributed by atoms with van der Waals surface area (Å²) in [5, 5.41) is 0. The highest BCUT2D eigenvalue weighted by atomic mass is 16.6. The fourth-order valence-corrected chi connectivity index (χ4v) is 2.81. The monoisotopic (exact) mass is 346 g/mol. The van der Waals surface area contributed by atoms with Gasteiger partial charge in [-0.2, -0.15) is 0 Å².